The maximum Gasteiger partial charge on any atom is 0.338 e. The van der Waals surface area contributed by atoms with Crippen molar-refractivity contribution in [3.8, 4) is 5.75 Å². The summed E-state index contributed by atoms with van der Waals surface area (Å²) in [5.74, 6) is -0.621. The summed E-state index contributed by atoms with van der Waals surface area (Å²) in [5, 5.41) is 19.9. The molecule has 0 spiro atoms. The molecule has 7 heteroatoms. The Bertz CT molecular complexity index is 771. The molecule has 0 amide bonds. The van der Waals surface area contributed by atoms with Crippen LogP contribution in [0, 0.1) is 10.1 Å². The van der Waals surface area contributed by atoms with Crippen molar-refractivity contribution in [1.82, 2.24) is 4.98 Å². The van der Waals surface area contributed by atoms with E-state index in [0.29, 0.717) is 12.4 Å². The number of ether oxygens (including phenoxy) is 1. The zero-order valence-corrected chi connectivity index (χ0v) is 12.3. The lowest BCUT2D eigenvalue weighted by Crippen LogP contribution is -2.03. The summed E-state index contributed by atoms with van der Waals surface area (Å²) in [6.07, 6.45) is 4.18. The van der Waals surface area contributed by atoms with Crippen LogP contribution in [0.25, 0.3) is 12.2 Å². The number of aromatic nitrogens is 1. The molecule has 2 rings (SSSR count). The largest absolute Gasteiger partial charge is 0.493 e. The van der Waals surface area contributed by atoms with Crippen molar-refractivity contribution in [2.75, 3.05) is 6.61 Å². The van der Waals surface area contributed by atoms with Crippen molar-refractivity contribution in [1.29, 1.82) is 0 Å². The molecule has 0 fully saturated rings. The van der Waals surface area contributed by atoms with Gasteiger partial charge in [0.25, 0.3) is 5.69 Å². The van der Waals surface area contributed by atoms with E-state index < -0.39 is 10.9 Å². The van der Waals surface area contributed by atoms with Crippen LogP contribution >= 0.6 is 0 Å². The normalized spacial score (nSPS) is 10.7. The van der Waals surface area contributed by atoms with Crippen LogP contribution in [-0.2, 0) is 0 Å². The van der Waals surface area contributed by atoms with Gasteiger partial charge in [-0.05, 0) is 25.1 Å². The van der Waals surface area contributed by atoms with Gasteiger partial charge in [0.15, 0.2) is 0 Å². The SMILES string of the molecule is CCOc1ccccc1/C=C/c1ncc([N+](=O)[O-])cc1C(=O)O. The molecule has 0 radical (unpaired) electrons. The summed E-state index contributed by atoms with van der Waals surface area (Å²) in [6.45, 7) is 2.36. The fraction of sp³-hybridized carbons (Fsp3) is 0.125. The van der Waals surface area contributed by atoms with E-state index in [9.17, 15) is 20.0 Å². The zero-order chi connectivity index (χ0) is 16.8. The standard InChI is InChI=1S/C16H14N2O5/c1-2-23-15-6-4-3-5-11(15)7-8-14-13(16(19)20)9-12(10-17-14)18(21)22/h3-10H,2H2,1H3,(H,19,20)/b8-7+. The van der Waals surface area contributed by atoms with Crippen molar-refractivity contribution in [2.45, 2.75) is 6.92 Å². The first-order valence-corrected chi connectivity index (χ1v) is 6.80. The second kappa shape index (κ2) is 7.17. The Morgan fingerprint density at radius 1 is 1.39 bits per heavy atom. The predicted molar refractivity (Wildman–Crippen MR) is 84.4 cm³/mol. The fourth-order valence-electron chi connectivity index (χ4n) is 1.94. The maximum absolute atomic E-state index is 11.3. The number of hydrogen-bond acceptors (Lipinski definition) is 5. The third kappa shape index (κ3) is 3.91. The Kier molecular flexibility index (Phi) is 5.03. The van der Waals surface area contributed by atoms with Crippen molar-refractivity contribution < 1.29 is 19.6 Å². The van der Waals surface area contributed by atoms with E-state index in [1.54, 1.807) is 12.1 Å². The third-order valence-electron chi connectivity index (χ3n) is 2.98. The molecular weight excluding hydrogens is 300 g/mol. The molecular formula is C16H14N2O5. The highest BCUT2D eigenvalue weighted by Gasteiger charge is 2.16. The molecule has 0 unspecified atom stereocenters. The number of carbonyl (C=O) groups is 1. The highest BCUT2D eigenvalue weighted by Crippen LogP contribution is 2.22. The molecule has 1 heterocycles. The van der Waals surface area contributed by atoms with Gasteiger partial charge in [0, 0.05) is 11.6 Å². The zero-order valence-electron chi connectivity index (χ0n) is 12.3. The van der Waals surface area contributed by atoms with E-state index in [1.807, 2.05) is 25.1 Å². The van der Waals surface area contributed by atoms with Gasteiger partial charge in [-0.3, -0.25) is 10.1 Å². The van der Waals surface area contributed by atoms with E-state index >= 15 is 0 Å². The molecule has 1 N–H and O–H groups in total. The highest BCUT2D eigenvalue weighted by atomic mass is 16.6. The van der Waals surface area contributed by atoms with Gasteiger partial charge in [-0.15, -0.1) is 0 Å². The van der Waals surface area contributed by atoms with Gasteiger partial charge >= 0.3 is 5.97 Å². The topological polar surface area (TPSA) is 103 Å². The molecule has 23 heavy (non-hydrogen) atoms. The minimum atomic E-state index is -1.28. The minimum absolute atomic E-state index is 0.134. The fourth-order valence-corrected chi connectivity index (χ4v) is 1.94. The minimum Gasteiger partial charge on any atom is -0.493 e. The van der Waals surface area contributed by atoms with E-state index in [2.05, 4.69) is 4.98 Å². The maximum atomic E-state index is 11.3. The van der Waals surface area contributed by atoms with Gasteiger partial charge < -0.3 is 9.84 Å². The van der Waals surface area contributed by atoms with Crippen molar-refractivity contribution in [3.05, 3.63) is 63.5 Å². The molecule has 0 saturated heterocycles. The van der Waals surface area contributed by atoms with Crippen molar-refractivity contribution in [2.24, 2.45) is 0 Å². The first-order chi connectivity index (χ1) is 11.0. The van der Waals surface area contributed by atoms with E-state index in [-0.39, 0.29) is 16.9 Å². The van der Waals surface area contributed by atoms with Crippen LogP contribution in [0.4, 0.5) is 5.69 Å². The monoisotopic (exact) mass is 314 g/mol. The lowest BCUT2D eigenvalue weighted by atomic mass is 10.1. The number of nitrogens with zero attached hydrogens (tertiary/aromatic N) is 2. The summed E-state index contributed by atoms with van der Waals surface area (Å²) in [6, 6.07) is 8.25. The van der Waals surface area contributed by atoms with E-state index in [1.165, 1.54) is 6.08 Å². The van der Waals surface area contributed by atoms with E-state index in [0.717, 1.165) is 17.8 Å². The molecule has 0 atom stereocenters. The predicted octanol–water partition coefficient (Wildman–Crippen LogP) is 3.26. The van der Waals surface area contributed by atoms with Crippen LogP contribution in [0.5, 0.6) is 5.75 Å². The van der Waals surface area contributed by atoms with Gasteiger partial charge in [-0.2, -0.15) is 0 Å². The Labute approximate surface area is 132 Å². The van der Waals surface area contributed by atoms with Gasteiger partial charge in [-0.25, -0.2) is 9.78 Å². The number of carboxylic acid groups (broad SMARTS) is 1. The van der Waals surface area contributed by atoms with Crippen molar-refractivity contribution >= 4 is 23.8 Å². The Hall–Kier alpha value is -3.22. The second-order valence-electron chi connectivity index (χ2n) is 4.49. The van der Waals surface area contributed by atoms with Gasteiger partial charge in [-0.1, -0.05) is 18.2 Å². The van der Waals surface area contributed by atoms with Gasteiger partial charge in [0.05, 0.1) is 22.8 Å². The van der Waals surface area contributed by atoms with Crippen molar-refractivity contribution in [3.63, 3.8) is 0 Å². The summed E-state index contributed by atoms with van der Waals surface area (Å²) < 4.78 is 5.48. The molecule has 0 aliphatic carbocycles. The number of aromatic carboxylic acids is 1. The quantitative estimate of drug-likeness (QED) is 0.648. The average molecular weight is 314 g/mol. The number of benzene rings is 1. The summed E-state index contributed by atoms with van der Waals surface area (Å²) >= 11 is 0. The summed E-state index contributed by atoms with van der Waals surface area (Å²) in [5.41, 5.74) is 0.291. The molecule has 0 aliphatic heterocycles. The molecule has 0 saturated carbocycles. The highest BCUT2D eigenvalue weighted by molar-refractivity contribution is 5.93. The van der Waals surface area contributed by atoms with Crippen LogP contribution in [0.2, 0.25) is 0 Å². The molecule has 1 aromatic heterocycles. The third-order valence-corrected chi connectivity index (χ3v) is 2.98. The molecule has 118 valence electrons. The molecule has 0 bridgehead atoms. The van der Waals surface area contributed by atoms with Gasteiger partial charge in [0.1, 0.15) is 11.9 Å². The lowest BCUT2D eigenvalue weighted by Gasteiger charge is -2.06. The summed E-state index contributed by atoms with van der Waals surface area (Å²) in [7, 11) is 0. The first kappa shape index (κ1) is 16.2. The molecule has 0 aliphatic rings. The Morgan fingerprint density at radius 3 is 2.78 bits per heavy atom. The molecule has 2 aromatic rings. The molecule has 1 aromatic carbocycles. The first-order valence-electron chi connectivity index (χ1n) is 6.80. The van der Waals surface area contributed by atoms with E-state index in [4.69, 9.17) is 4.74 Å². The lowest BCUT2D eigenvalue weighted by molar-refractivity contribution is -0.385. The van der Waals surface area contributed by atoms with Crippen LogP contribution in [0.1, 0.15) is 28.5 Å². The number of pyridine rings is 1. The average Bonchev–Trinajstić information content (AvgIpc) is 2.54. The van der Waals surface area contributed by atoms with Crippen LogP contribution in [-0.4, -0.2) is 27.6 Å². The van der Waals surface area contributed by atoms with Crippen LogP contribution < -0.4 is 4.74 Å². The molecule has 7 nitrogen and oxygen atoms in total. The summed E-state index contributed by atoms with van der Waals surface area (Å²) in [4.78, 5) is 25.2. The number of para-hydroxylation sites is 1. The number of hydrogen-bond donors (Lipinski definition) is 1. The smallest absolute Gasteiger partial charge is 0.338 e. The number of carboxylic acids is 1. The number of nitro groups is 1. The second-order valence-corrected chi connectivity index (χ2v) is 4.49. The van der Waals surface area contributed by atoms with Crippen LogP contribution in [0.3, 0.4) is 0 Å². The van der Waals surface area contributed by atoms with Crippen LogP contribution in [0.15, 0.2) is 36.5 Å². The Balaban J connectivity index is 2.40. The number of rotatable bonds is 6. The Morgan fingerprint density at radius 2 is 2.13 bits per heavy atom. The van der Waals surface area contributed by atoms with Gasteiger partial charge in [0.2, 0.25) is 0 Å².